The third-order valence-corrected chi connectivity index (χ3v) is 4.57. The number of nitrogens with zero attached hydrogens (tertiary/aromatic N) is 3. The Labute approximate surface area is 129 Å². The second-order valence-corrected chi connectivity index (χ2v) is 6.23. The molecule has 1 N–H and O–H groups in total. The van der Waals surface area contributed by atoms with Crippen molar-refractivity contribution in [1.29, 1.82) is 0 Å². The highest BCUT2D eigenvalue weighted by Crippen LogP contribution is 2.37. The quantitative estimate of drug-likeness (QED) is 0.941. The van der Waals surface area contributed by atoms with Crippen LogP contribution in [0.4, 0.5) is 0 Å². The summed E-state index contributed by atoms with van der Waals surface area (Å²) >= 11 is 0. The maximum atomic E-state index is 11.2. The lowest BCUT2D eigenvalue weighted by Crippen LogP contribution is -2.40. The molecule has 4 rings (SSSR count). The number of carboxylic acids is 1. The second-order valence-electron chi connectivity index (χ2n) is 6.23. The highest BCUT2D eigenvalue weighted by atomic mass is 16.4. The van der Waals surface area contributed by atoms with Crippen molar-refractivity contribution in [2.45, 2.75) is 25.4 Å². The van der Waals surface area contributed by atoms with Crippen LogP contribution in [0.5, 0.6) is 0 Å². The number of carboxylic acid groups (broad SMARTS) is 1. The van der Waals surface area contributed by atoms with Gasteiger partial charge >= 0.3 is 5.97 Å². The molecule has 0 saturated heterocycles. The first-order valence-electron chi connectivity index (χ1n) is 7.82. The van der Waals surface area contributed by atoms with Crippen LogP contribution in [0.15, 0.2) is 36.5 Å². The van der Waals surface area contributed by atoms with Crippen molar-refractivity contribution in [3.63, 3.8) is 0 Å². The molecule has 5 nitrogen and oxygen atoms in total. The standard InChI is InChI=1S/C17H19N3O2/c21-17(22)14-11-20-9-8-19(10-12-6-7-12)15(16(20)18-14)13-4-2-1-3-5-13/h1-5,11-12,15H,6-10H2,(H,21,22). The molecule has 114 valence electrons. The zero-order valence-electron chi connectivity index (χ0n) is 12.4. The Hall–Kier alpha value is -2.14. The summed E-state index contributed by atoms with van der Waals surface area (Å²) in [5.74, 6) is 0.699. The van der Waals surface area contributed by atoms with Crippen molar-refractivity contribution in [2.75, 3.05) is 13.1 Å². The number of fused-ring (bicyclic) bond motifs is 1. The fourth-order valence-electron chi connectivity index (χ4n) is 3.28. The van der Waals surface area contributed by atoms with Crippen LogP contribution in [0.3, 0.4) is 0 Å². The highest BCUT2D eigenvalue weighted by molar-refractivity contribution is 5.85. The molecule has 1 aromatic heterocycles. The summed E-state index contributed by atoms with van der Waals surface area (Å²) in [4.78, 5) is 18.1. The number of hydrogen-bond donors (Lipinski definition) is 1. The van der Waals surface area contributed by atoms with E-state index in [0.29, 0.717) is 0 Å². The van der Waals surface area contributed by atoms with E-state index in [1.54, 1.807) is 6.20 Å². The lowest BCUT2D eigenvalue weighted by atomic mass is 10.0. The van der Waals surface area contributed by atoms with Crippen molar-refractivity contribution in [3.8, 4) is 0 Å². The molecule has 1 unspecified atom stereocenters. The monoisotopic (exact) mass is 297 g/mol. The van der Waals surface area contributed by atoms with E-state index in [-0.39, 0.29) is 11.7 Å². The first-order chi connectivity index (χ1) is 10.7. The molecule has 0 spiro atoms. The Balaban J connectivity index is 1.75. The van der Waals surface area contributed by atoms with Gasteiger partial charge in [0, 0.05) is 25.8 Å². The fraction of sp³-hybridized carbons (Fsp3) is 0.412. The molecule has 1 atom stereocenters. The average Bonchev–Trinajstić information content (AvgIpc) is 3.23. The molecule has 2 aromatic rings. The number of aromatic carboxylic acids is 1. The molecule has 2 heterocycles. The summed E-state index contributed by atoms with van der Waals surface area (Å²) in [7, 11) is 0. The van der Waals surface area contributed by atoms with Crippen LogP contribution in [0.2, 0.25) is 0 Å². The first kappa shape index (κ1) is 13.5. The average molecular weight is 297 g/mol. The number of imidazole rings is 1. The second kappa shape index (κ2) is 5.25. The Morgan fingerprint density at radius 3 is 2.68 bits per heavy atom. The number of aromatic nitrogens is 2. The van der Waals surface area contributed by atoms with Crippen LogP contribution < -0.4 is 0 Å². The summed E-state index contributed by atoms with van der Waals surface area (Å²) in [6, 6.07) is 10.3. The molecule has 0 bridgehead atoms. The SMILES string of the molecule is O=C(O)c1cn2c(n1)C(c1ccccc1)N(CC1CC1)CC2. The summed E-state index contributed by atoms with van der Waals surface area (Å²) in [5.41, 5.74) is 1.33. The largest absolute Gasteiger partial charge is 0.476 e. The lowest BCUT2D eigenvalue weighted by Gasteiger charge is -2.36. The van der Waals surface area contributed by atoms with E-state index in [4.69, 9.17) is 0 Å². The minimum Gasteiger partial charge on any atom is -0.476 e. The maximum Gasteiger partial charge on any atom is 0.356 e. The predicted molar refractivity (Wildman–Crippen MR) is 81.8 cm³/mol. The molecule has 2 aliphatic rings. The third-order valence-electron chi connectivity index (χ3n) is 4.57. The van der Waals surface area contributed by atoms with Crippen LogP contribution >= 0.6 is 0 Å². The summed E-state index contributed by atoms with van der Waals surface area (Å²) in [6.45, 7) is 2.83. The minimum atomic E-state index is -0.956. The third kappa shape index (κ3) is 2.41. The van der Waals surface area contributed by atoms with E-state index in [1.807, 2.05) is 22.8 Å². The zero-order valence-corrected chi connectivity index (χ0v) is 12.4. The van der Waals surface area contributed by atoms with Crippen LogP contribution in [0.25, 0.3) is 0 Å². The van der Waals surface area contributed by atoms with Gasteiger partial charge in [-0.15, -0.1) is 0 Å². The van der Waals surface area contributed by atoms with Gasteiger partial charge in [0.1, 0.15) is 5.82 Å². The molecule has 0 amide bonds. The smallest absolute Gasteiger partial charge is 0.356 e. The molecule has 5 heteroatoms. The first-order valence-corrected chi connectivity index (χ1v) is 7.82. The van der Waals surface area contributed by atoms with Crippen molar-refractivity contribution >= 4 is 5.97 Å². The van der Waals surface area contributed by atoms with Gasteiger partial charge in [-0.3, -0.25) is 4.90 Å². The van der Waals surface area contributed by atoms with Gasteiger partial charge in [0.25, 0.3) is 0 Å². The van der Waals surface area contributed by atoms with Gasteiger partial charge < -0.3 is 9.67 Å². The maximum absolute atomic E-state index is 11.2. The zero-order chi connectivity index (χ0) is 15.1. The highest BCUT2D eigenvalue weighted by Gasteiger charge is 2.35. The van der Waals surface area contributed by atoms with E-state index in [1.165, 1.54) is 18.4 Å². The van der Waals surface area contributed by atoms with Gasteiger partial charge in [0.2, 0.25) is 0 Å². The molecule has 1 aromatic carbocycles. The molecular weight excluding hydrogens is 278 g/mol. The molecule has 1 saturated carbocycles. The normalized spacial score (nSPS) is 21.5. The van der Waals surface area contributed by atoms with Gasteiger partial charge in [-0.25, -0.2) is 9.78 Å². The molecule has 1 aliphatic carbocycles. The minimum absolute atomic E-state index is 0.0589. The van der Waals surface area contributed by atoms with Crippen LogP contribution in [0.1, 0.15) is 40.8 Å². The summed E-state index contributed by atoms with van der Waals surface area (Å²) in [6.07, 6.45) is 4.29. The molecule has 1 fully saturated rings. The Kier molecular flexibility index (Phi) is 3.22. The van der Waals surface area contributed by atoms with E-state index >= 15 is 0 Å². The number of carbonyl (C=O) groups is 1. The van der Waals surface area contributed by atoms with E-state index in [2.05, 4.69) is 22.0 Å². The van der Waals surface area contributed by atoms with Gasteiger partial charge in [0.05, 0.1) is 6.04 Å². The number of rotatable bonds is 4. The Bertz CT molecular complexity index is 691. The van der Waals surface area contributed by atoms with Gasteiger partial charge in [-0.2, -0.15) is 0 Å². The topological polar surface area (TPSA) is 58.4 Å². The molecular formula is C17H19N3O2. The van der Waals surface area contributed by atoms with E-state index < -0.39 is 5.97 Å². The molecule has 22 heavy (non-hydrogen) atoms. The van der Waals surface area contributed by atoms with Gasteiger partial charge in [0.15, 0.2) is 5.69 Å². The van der Waals surface area contributed by atoms with Gasteiger partial charge in [-0.05, 0) is 24.3 Å². The number of hydrogen-bond acceptors (Lipinski definition) is 3. The van der Waals surface area contributed by atoms with E-state index in [0.717, 1.165) is 31.4 Å². The summed E-state index contributed by atoms with van der Waals surface area (Å²) < 4.78 is 2.00. The van der Waals surface area contributed by atoms with Crippen molar-refractivity contribution in [3.05, 3.63) is 53.6 Å². The van der Waals surface area contributed by atoms with Crippen molar-refractivity contribution < 1.29 is 9.90 Å². The molecule has 0 radical (unpaired) electrons. The van der Waals surface area contributed by atoms with Crippen LogP contribution in [-0.4, -0.2) is 38.6 Å². The van der Waals surface area contributed by atoms with E-state index in [9.17, 15) is 9.90 Å². The van der Waals surface area contributed by atoms with Gasteiger partial charge in [-0.1, -0.05) is 30.3 Å². The number of benzene rings is 1. The fourth-order valence-corrected chi connectivity index (χ4v) is 3.28. The summed E-state index contributed by atoms with van der Waals surface area (Å²) in [5, 5.41) is 9.22. The van der Waals surface area contributed by atoms with Crippen LogP contribution in [0, 0.1) is 5.92 Å². The Morgan fingerprint density at radius 1 is 1.23 bits per heavy atom. The molecule has 1 aliphatic heterocycles. The Morgan fingerprint density at radius 2 is 2.00 bits per heavy atom. The van der Waals surface area contributed by atoms with Crippen molar-refractivity contribution in [1.82, 2.24) is 14.5 Å². The predicted octanol–water partition coefficient (Wildman–Crippen LogP) is 2.40. The van der Waals surface area contributed by atoms with Crippen LogP contribution in [-0.2, 0) is 6.54 Å². The van der Waals surface area contributed by atoms with Crippen molar-refractivity contribution in [2.24, 2.45) is 5.92 Å². The lowest BCUT2D eigenvalue weighted by molar-refractivity contribution is 0.0690.